The molecule has 2 atom stereocenters. The maximum atomic E-state index is 4.44. The minimum absolute atomic E-state index is 0. The first kappa shape index (κ1) is 22.4. The van der Waals surface area contributed by atoms with E-state index < -0.39 is 0 Å². The Balaban J connectivity index is 0.000000205. The van der Waals surface area contributed by atoms with Crippen molar-refractivity contribution in [2.45, 2.75) is 10.5 Å². The van der Waals surface area contributed by atoms with Crippen LogP contribution in [0.4, 0.5) is 0 Å². The van der Waals surface area contributed by atoms with E-state index in [4.69, 9.17) is 0 Å². The molecular weight excluding hydrogens is 472 g/mol. The number of pyridine rings is 1. The molecule has 0 fully saturated rings. The molecule has 1 nitrogen and oxygen atoms in total. The van der Waals surface area contributed by atoms with Crippen LogP contribution in [0.2, 0.25) is 0 Å². The van der Waals surface area contributed by atoms with Crippen molar-refractivity contribution in [1.82, 2.24) is 4.98 Å². The summed E-state index contributed by atoms with van der Waals surface area (Å²) < 4.78 is 0.540. The van der Waals surface area contributed by atoms with Crippen LogP contribution in [0.15, 0.2) is 82.8 Å². The third-order valence-corrected chi connectivity index (χ3v) is 7.12. The summed E-state index contributed by atoms with van der Waals surface area (Å²) in [6.45, 7) is 2.16. The van der Waals surface area contributed by atoms with Crippen molar-refractivity contribution in [1.29, 1.82) is 0 Å². The first-order valence-electron chi connectivity index (χ1n) is 8.40. The summed E-state index contributed by atoms with van der Waals surface area (Å²) >= 11 is 3.42. The Bertz CT molecular complexity index is 919. The van der Waals surface area contributed by atoms with Gasteiger partial charge in [-0.15, -0.1) is 0 Å². The van der Waals surface area contributed by atoms with Crippen LogP contribution < -0.4 is 24.8 Å². The van der Waals surface area contributed by atoms with Gasteiger partial charge in [-0.3, -0.25) is 0 Å². The van der Waals surface area contributed by atoms with E-state index in [2.05, 4.69) is 78.7 Å². The molecule has 2 aliphatic carbocycles. The minimum atomic E-state index is 0. The molecule has 1 aromatic heterocycles. The molecule has 0 N–H and O–H groups in total. The Kier molecular flexibility index (Phi) is 8.37. The fourth-order valence-corrected chi connectivity index (χ4v) is 5.50. The van der Waals surface area contributed by atoms with Crippen molar-refractivity contribution >= 4 is 23.4 Å². The van der Waals surface area contributed by atoms with Crippen LogP contribution in [0.5, 0.6) is 0 Å². The fourth-order valence-electron chi connectivity index (χ4n) is 3.27. The Labute approximate surface area is 192 Å². The Morgan fingerprint density at radius 3 is 2.52 bits per heavy atom. The van der Waals surface area contributed by atoms with E-state index in [0.717, 1.165) is 5.69 Å². The zero-order valence-corrected chi connectivity index (χ0v) is 19.6. The van der Waals surface area contributed by atoms with Crippen molar-refractivity contribution in [2.75, 3.05) is 0 Å². The monoisotopic (exact) mass is 488 g/mol. The Hall–Kier alpha value is -0.857. The molecule has 0 saturated carbocycles. The number of fused-ring (bicyclic) bond motifs is 2. The molecule has 0 saturated heterocycles. The van der Waals surface area contributed by atoms with Gasteiger partial charge in [-0.25, -0.2) is 0 Å². The van der Waals surface area contributed by atoms with Gasteiger partial charge in [0, 0.05) is 10.8 Å². The molecule has 0 spiro atoms. The summed E-state index contributed by atoms with van der Waals surface area (Å²) in [5.74, 6) is 0.634. The topological polar surface area (TPSA) is 12.9 Å². The summed E-state index contributed by atoms with van der Waals surface area (Å²) in [5, 5.41) is 0. The van der Waals surface area contributed by atoms with Crippen molar-refractivity contribution < 1.29 is 49.5 Å². The van der Waals surface area contributed by atoms with Crippen LogP contribution in [-0.2, 0) is 24.7 Å². The zero-order valence-electron chi connectivity index (χ0n) is 14.8. The molecular formula is C22H18Cl2NSZr. The Morgan fingerprint density at radius 1 is 1.04 bits per heavy atom. The average Bonchev–Trinajstić information content (AvgIpc) is 3.30. The molecule has 2 heterocycles. The normalized spacial score (nSPS) is 20.8. The SMILES string of the molecule is CC1=CC2C=CC=C2S1.[Cl-].[Cl-].[Zr+2][CH]1C(c2ccccn2)=Cc2ccccc21. The van der Waals surface area contributed by atoms with Crippen molar-refractivity contribution in [2.24, 2.45) is 5.92 Å². The van der Waals surface area contributed by atoms with Gasteiger partial charge in [-0.2, -0.15) is 0 Å². The van der Waals surface area contributed by atoms with Crippen molar-refractivity contribution in [3.05, 3.63) is 99.6 Å². The first-order chi connectivity index (χ1) is 12.2. The van der Waals surface area contributed by atoms with Crippen LogP contribution in [0.1, 0.15) is 27.4 Å². The van der Waals surface area contributed by atoms with Crippen molar-refractivity contribution in [3.63, 3.8) is 0 Å². The van der Waals surface area contributed by atoms with Gasteiger partial charge in [0.1, 0.15) is 0 Å². The van der Waals surface area contributed by atoms with Crippen LogP contribution in [0, 0.1) is 5.92 Å². The summed E-state index contributed by atoms with van der Waals surface area (Å²) in [5.41, 5.74) is 5.27. The van der Waals surface area contributed by atoms with Crippen LogP contribution in [-0.4, -0.2) is 4.98 Å². The van der Waals surface area contributed by atoms with Crippen LogP contribution in [0.25, 0.3) is 11.6 Å². The maximum absolute atomic E-state index is 4.44. The van der Waals surface area contributed by atoms with Gasteiger partial charge >= 0.3 is 110 Å². The second-order valence-corrected chi connectivity index (χ2v) is 8.97. The molecule has 0 bridgehead atoms. The number of halogens is 2. The van der Waals surface area contributed by atoms with Crippen LogP contribution in [0.3, 0.4) is 0 Å². The van der Waals surface area contributed by atoms with E-state index in [1.165, 1.54) is 51.2 Å². The molecule has 5 rings (SSSR count). The molecule has 1 aliphatic heterocycles. The van der Waals surface area contributed by atoms with E-state index in [-0.39, 0.29) is 24.8 Å². The van der Waals surface area contributed by atoms with E-state index in [9.17, 15) is 0 Å². The van der Waals surface area contributed by atoms with E-state index in [1.54, 1.807) is 0 Å². The van der Waals surface area contributed by atoms with Gasteiger partial charge in [0.25, 0.3) is 0 Å². The van der Waals surface area contributed by atoms with Gasteiger partial charge in [0.15, 0.2) is 0 Å². The molecule has 0 amide bonds. The van der Waals surface area contributed by atoms with Gasteiger partial charge in [-0.1, -0.05) is 36.1 Å². The fraction of sp³-hybridized carbons (Fsp3) is 0.136. The van der Waals surface area contributed by atoms with Gasteiger partial charge in [0.05, 0.1) is 0 Å². The standard InChI is InChI=1S/C14H10N.C8H8S.2ClH.Zr/c1-2-6-12-10-13(9-11(12)5-1)14-7-3-4-8-15-14;1-6-5-7-3-2-4-8(7)9-6;;;/h1-10H;2-5,7H,1H3;2*1H;/q;;;;+2/p-2. The second kappa shape index (κ2) is 10.1. The quantitative estimate of drug-likeness (QED) is 0.556. The molecule has 27 heavy (non-hydrogen) atoms. The number of hydrogen-bond donors (Lipinski definition) is 0. The summed E-state index contributed by atoms with van der Waals surface area (Å²) in [6.07, 6.45) is 13.0. The van der Waals surface area contributed by atoms with E-state index in [1.807, 2.05) is 24.0 Å². The summed E-state index contributed by atoms with van der Waals surface area (Å²) in [4.78, 5) is 7.37. The van der Waals surface area contributed by atoms with E-state index >= 15 is 0 Å². The average molecular weight is 491 g/mol. The number of hydrogen-bond acceptors (Lipinski definition) is 2. The molecule has 2 aromatic rings. The third-order valence-electron chi connectivity index (χ3n) is 4.49. The number of nitrogens with zero attached hydrogens (tertiary/aromatic N) is 1. The molecule has 0 radical (unpaired) electrons. The number of allylic oxidation sites excluding steroid dienone is 7. The van der Waals surface area contributed by atoms with Gasteiger partial charge in [-0.05, 0) is 11.8 Å². The number of benzene rings is 1. The van der Waals surface area contributed by atoms with Gasteiger partial charge < -0.3 is 24.8 Å². The summed E-state index contributed by atoms with van der Waals surface area (Å²) in [7, 11) is 0. The molecule has 2 unspecified atom stereocenters. The first-order valence-corrected chi connectivity index (χ1v) is 10.6. The molecule has 3 aliphatic rings. The zero-order chi connectivity index (χ0) is 17.2. The van der Waals surface area contributed by atoms with Crippen molar-refractivity contribution in [3.8, 4) is 0 Å². The molecule has 135 valence electrons. The number of thioether (sulfide) groups is 1. The molecule has 5 heteroatoms. The van der Waals surface area contributed by atoms with E-state index in [0.29, 0.717) is 9.54 Å². The molecule has 1 aromatic carbocycles. The van der Waals surface area contributed by atoms with Gasteiger partial charge in [0.2, 0.25) is 0 Å². The van der Waals surface area contributed by atoms with Crippen LogP contribution >= 0.6 is 11.8 Å². The summed E-state index contributed by atoms with van der Waals surface area (Å²) in [6, 6.07) is 14.7. The number of rotatable bonds is 1. The predicted octanol–water partition coefficient (Wildman–Crippen LogP) is -0.0614. The second-order valence-electron chi connectivity index (χ2n) is 6.24. The third kappa shape index (κ3) is 4.95. The number of aromatic nitrogens is 1. The predicted molar refractivity (Wildman–Crippen MR) is 103 cm³/mol. The Morgan fingerprint density at radius 2 is 1.81 bits per heavy atom.